The van der Waals surface area contributed by atoms with Crippen LogP contribution in [0.4, 0.5) is 4.79 Å². The second-order valence-corrected chi connectivity index (χ2v) is 5.11. The minimum Gasteiger partial charge on any atom is -0.446 e. The lowest BCUT2D eigenvalue weighted by molar-refractivity contribution is -0.193. The number of hydrogen-bond acceptors (Lipinski definition) is 6. The highest BCUT2D eigenvalue weighted by Crippen LogP contribution is 2.20. The minimum absolute atomic E-state index is 0.0926. The van der Waals surface area contributed by atoms with E-state index in [1.165, 1.54) is 0 Å². The standard InChI is InChI=1S/C12H21NO6/c14-8-6-18-11(10(16)9(8)15)13-12(17)19-7-4-2-1-3-5-7/h7-11,14-16H,1-6H2,(H,13,17). The number of amides is 1. The molecule has 0 radical (unpaired) electrons. The van der Waals surface area contributed by atoms with E-state index in [4.69, 9.17) is 9.47 Å². The van der Waals surface area contributed by atoms with Crippen LogP contribution >= 0.6 is 0 Å². The Bertz CT molecular complexity index is 307. The monoisotopic (exact) mass is 275 g/mol. The van der Waals surface area contributed by atoms with Gasteiger partial charge in [-0.05, 0) is 25.7 Å². The van der Waals surface area contributed by atoms with Crippen LogP contribution in [0.3, 0.4) is 0 Å². The van der Waals surface area contributed by atoms with Crippen molar-refractivity contribution in [2.75, 3.05) is 6.61 Å². The Morgan fingerprint density at radius 3 is 2.47 bits per heavy atom. The van der Waals surface area contributed by atoms with E-state index in [2.05, 4.69) is 5.32 Å². The van der Waals surface area contributed by atoms with Gasteiger partial charge in [0.15, 0.2) is 6.23 Å². The fourth-order valence-corrected chi connectivity index (χ4v) is 2.42. The number of aliphatic hydroxyl groups is 3. The summed E-state index contributed by atoms with van der Waals surface area (Å²) < 4.78 is 10.3. The van der Waals surface area contributed by atoms with Gasteiger partial charge in [0.25, 0.3) is 0 Å². The summed E-state index contributed by atoms with van der Waals surface area (Å²) in [6, 6.07) is 0. The zero-order chi connectivity index (χ0) is 13.8. The molecule has 2 fully saturated rings. The number of ether oxygens (including phenoxy) is 2. The summed E-state index contributed by atoms with van der Waals surface area (Å²) in [5, 5.41) is 30.8. The lowest BCUT2D eigenvalue weighted by atomic mass is 9.98. The molecule has 1 saturated carbocycles. The van der Waals surface area contributed by atoms with Crippen molar-refractivity contribution in [3.05, 3.63) is 0 Å². The Morgan fingerprint density at radius 2 is 1.79 bits per heavy atom. The van der Waals surface area contributed by atoms with Crippen LogP contribution in [-0.2, 0) is 9.47 Å². The van der Waals surface area contributed by atoms with Gasteiger partial charge in [-0.1, -0.05) is 6.42 Å². The third-order valence-corrected chi connectivity index (χ3v) is 3.59. The molecular weight excluding hydrogens is 254 g/mol. The van der Waals surface area contributed by atoms with E-state index >= 15 is 0 Å². The maximum absolute atomic E-state index is 11.6. The topological polar surface area (TPSA) is 108 Å². The first kappa shape index (κ1) is 14.5. The molecule has 7 heteroatoms. The molecule has 1 heterocycles. The highest BCUT2D eigenvalue weighted by atomic mass is 16.6. The average Bonchev–Trinajstić information content (AvgIpc) is 2.41. The summed E-state index contributed by atoms with van der Waals surface area (Å²) in [5.41, 5.74) is 0. The highest BCUT2D eigenvalue weighted by Gasteiger charge is 2.38. The van der Waals surface area contributed by atoms with Crippen molar-refractivity contribution in [2.45, 2.75) is 62.7 Å². The van der Waals surface area contributed by atoms with Crippen LogP contribution < -0.4 is 5.32 Å². The molecule has 0 bridgehead atoms. The molecule has 7 nitrogen and oxygen atoms in total. The smallest absolute Gasteiger partial charge is 0.409 e. The molecule has 0 aromatic carbocycles. The van der Waals surface area contributed by atoms with Gasteiger partial charge in [-0.15, -0.1) is 0 Å². The van der Waals surface area contributed by atoms with Gasteiger partial charge in [-0.3, -0.25) is 5.32 Å². The van der Waals surface area contributed by atoms with Gasteiger partial charge in [0.2, 0.25) is 0 Å². The van der Waals surface area contributed by atoms with Crippen molar-refractivity contribution in [1.29, 1.82) is 0 Å². The maximum Gasteiger partial charge on any atom is 0.409 e. The molecular formula is C12H21NO6. The Kier molecular flexibility index (Phi) is 4.98. The summed E-state index contributed by atoms with van der Waals surface area (Å²) >= 11 is 0. The number of hydrogen-bond donors (Lipinski definition) is 4. The molecule has 1 saturated heterocycles. The Hall–Kier alpha value is -0.890. The lowest BCUT2D eigenvalue weighted by Crippen LogP contribution is -2.59. The number of aliphatic hydroxyl groups excluding tert-OH is 3. The van der Waals surface area contributed by atoms with Gasteiger partial charge in [0.05, 0.1) is 6.61 Å². The molecule has 0 aromatic heterocycles. The van der Waals surface area contributed by atoms with Crippen molar-refractivity contribution in [2.24, 2.45) is 0 Å². The predicted molar refractivity (Wildman–Crippen MR) is 64.3 cm³/mol. The van der Waals surface area contributed by atoms with Crippen LogP contribution in [0, 0.1) is 0 Å². The summed E-state index contributed by atoms with van der Waals surface area (Å²) in [6.45, 7) is -0.146. The van der Waals surface area contributed by atoms with E-state index in [-0.39, 0.29) is 12.7 Å². The molecule has 19 heavy (non-hydrogen) atoms. The molecule has 0 aromatic rings. The van der Waals surface area contributed by atoms with Gasteiger partial charge in [-0.25, -0.2) is 4.79 Å². The third-order valence-electron chi connectivity index (χ3n) is 3.59. The predicted octanol–water partition coefficient (Wildman–Crippen LogP) is -0.516. The molecule has 4 N–H and O–H groups in total. The van der Waals surface area contributed by atoms with E-state index in [0.717, 1.165) is 32.1 Å². The quantitative estimate of drug-likeness (QED) is 0.540. The Balaban J connectivity index is 1.78. The summed E-state index contributed by atoms with van der Waals surface area (Å²) in [4.78, 5) is 11.6. The van der Waals surface area contributed by atoms with E-state index in [1.807, 2.05) is 0 Å². The fraction of sp³-hybridized carbons (Fsp3) is 0.917. The van der Waals surface area contributed by atoms with E-state index in [0.29, 0.717) is 0 Å². The Labute approximate surface area is 111 Å². The van der Waals surface area contributed by atoms with Crippen molar-refractivity contribution in [3.8, 4) is 0 Å². The lowest BCUT2D eigenvalue weighted by Gasteiger charge is -2.35. The molecule has 1 aliphatic carbocycles. The van der Waals surface area contributed by atoms with Gasteiger partial charge in [0, 0.05) is 0 Å². The molecule has 1 amide bonds. The van der Waals surface area contributed by atoms with Crippen LogP contribution in [0.5, 0.6) is 0 Å². The number of carbonyl (C=O) groups excluding carboxylic acids is 1. The molecule has 1 aliphatic heterocycles. The molecule has 4 unspecified atom stereocenters. The zero-order valence-corrected chi connectivity index (χ0v) is 10.7. The van der Waals surface area contributed by atoms with Gasteiger partial charge in [0.1, 0.15) is 24.4 Å². The second kappa shape index (κ2) is 6.51. The Morgan fingerprint density at radius 1 is 1.11 bits per heavy atom. The number of nitrogens with one attached hydrogen (secondary N) is 1. The first-order valence-electron chi connectivity index (χ1n) is 6.71. The van der Waals surface area contributed by atoms with Gasteiger partial charge < -0.3 is 24.8 Å². The van der Waals surface area contributed by atoms with Gasteiger partial charge >= 0.3 is 6.09 Å². The summed E-state index contributed by atoms with van der Waals surface area (Å²) in [5.74, 6) is 0. The number of alkyl carbamates (subject to hydrolysis) is 1. The third kappa shape index (κ3) is 3.79. The van der Waals surface area contributed by atoms with Crippen molar-refractivity contribution in [3.63, 3.8) is 0 Å². The van der Waals surface area contributed by atoms with Crippen LogP contribution in [0.1, 0.15) is 32.1 Å². The summed E-state index contributed by atoms with van der Waals surface area (Å²) in [7, 11) is 0. The van der Waals surface area contributed by atoms with Crippen LogP contribution in [-0.4, -0.2) is 58.7 Å². The fourth-order valence-electron chi connectivity index (χ4n) is 2.42. The van der Waals surface area contributed by atoms with Crippen LogP contribution in [0.25, 0.3) is 0 Å². The molecule has 110 valence electrons. The molecule has 0 spiro atoms. The SMILES string of the molecule is O=C(NC1OCC(O)C(O)C1O)OC1CCCCC1. The second-order valence-electron chi connectivity index (χ2n) is 5.11. The van der Waals surface area contributed by atoms with Crippen molar-refractivity contribution < 1.29 is 29.6 Å². The van der Waals surface area contributed by atoms with Crippen LogP contribution in [0.15, 0.2) is 0 Å². The molecule has 2 rings (SSSR count). The minimum atomic E-state index is -1.37. The van der Waals surface area contributed by atoms with Gasteiger partial charge in [-0.2, -0.15) is 0 Å². The first-order valence-corrected chi connectivity index (χ1v) is 6.71. The van der Waals surface area contributed by atoms with Crippen molar-refractivity contribution in [1.82, 2.24) is 5.32 Å². The largest absolute Gasteiger partial charge is 0.446 e. The number of rotatable bonds is 2. The zero-order valence-electron chi connectivity index (χ0n) is 10.7. The average molecular weight is 275 g/mol. The number of carbonyl (C=O) groups is 1. The molecule has 4 atom stereocenters. The van der Waals surface area contributed by atoms with E-state index in [9.17, 15) is 20.1 Å². The molecule has 2 aliphatic rings. The first-order chi connectivity index (χ1) is 9.08. The van der Waals surface area contributed by atoms with E-state index < -0.39 is 30.6 Å². The maximum atomic E-state index is 11.6. The van der Waals surface area contributed by atoms with Crippen LogP contribution in [0.2, 0.25) is 0 Å². The van der Waals surface area contributed by atoms with Crippen molar-refractivity contribution >= 4 is 6.09 Å². The van der Waals surface area contributed by atoms with E-state index in [1.54, 1.807) is 0 Å². The highest BCUT2D eigenvalue weighted by molar-refractivity contribution is 5.67. The normalized spacial score (nSPS) is 36.8. The summed E-state index contributed by atoms with van der Waals surface area (Å²) in [6.07, 6.45) is -0.726.